The van der Waals surface area contributed by atoms with Crippen molar-refractivity contribution < 1.29 is 4.52 Å². The SMILES string of the molecule is CCN(CC)C(CNC(=NC)NCc1noc(C)n1)c1ccccc1.I. The van der Waals surface area contributed by atoms with Crippen LogP contribution in [0.15, 0.2) is 39.8 Å². The Bertz CT molecular complexity index is 657. The van der Waals surface area contributed by atoms with E-state index in [-0.39, 0.29) is 30.0 Å². The lowest BCUT2D eigenvalue weighted by Crippen LogP contribution is -2.43. The highest BCUT2D eigenvalue weighted by atomic mass is 127. The Morgan fingerprint density at radius 1 is 1.19 bits per heavy atom. The normalized spacial score (nSPS) is 12.6. The minimum absolute atomic E-state index is 0. The van der Waals surface area contributed by atoms with Crippen molar-refractivity contribution in [3.63, 3.8) is 0 Å². The number of rotatable bonds is 8. The first-order chi connectivity index (χ1) is 12.2. The summed E-state index contributed by atoms with van der Waals surface area (Å²) in [7, 11) is 1.76. The van der Waals surface area contributed by atoms with Crippen LogP contribution in [0.25, 0.3) is 0 Å². The fraction of sp³-hybridized carbons (Fsp3) is 0.500. The molecule has 2 aromatic rings. The lowest BCUT2D eigenvalue weighted by Gasteiger charge is -2.30. The molecule has 2 rings (SSSR count). The van der Waals surface area contributed by atoms with Crippen molar-refractivity contribution in [3.05, 3.63) is 47.6 Å². The summed E-state index contributed by atoms with van der Waals surface area (Å²) in [6.45, 7) is 9.36. The molecule has 0 spiro atoms. The van der Waals surface area contributed by atoms with Crippen LogP contribution in [-0.4, -0.2) is 47.7 Å². The van der Waals surface area contributed by atoms with Gasteiger partial charge in [-0.05, 0) is 18.7 Å². The molecule has 26 heavy (non-hydrogen) atoms. The number of benzene rings is 1. The molecule has 0 amide bonds. The summed E-state index contributed by atoms with van der Waals surface area (Å²) in [5, 5.41) is 10.5. The average molecular weight is 472 g/mol. The first-order valence-corrected chi connectivity index (χ1v) is 8.70. The van der Waals surface area contributed by atoms with E-state index in [1.54, 1.807) is 14.0 Å². The van der Waals surface area contributed by atoms with Crippen LogP contribution in [0.3, 0.4) is 0 Å². The summed E-state index contributed by atoms with van der Waals surface area (Å²) in [6, 6.07) is 10.8. The molecule has 0 fully saturated rings. The highest BCUT2D eigenvalue weighted by molar-refractivity contribution is 14.0. The predicted octanol–water partition coefficient (Wildman–Crippen LogP) is 2.74. The van der Waals surface area contributed by atoms with Gasteiger partial charge in [0, 0.05) is 20.5 Å². The molecular formula is C18H29IN6O. The van der Waals surface area contributed by atoms with Crippen molar-refractivity contribution in [1.29, 1.82) is 0 Å². The van der Waals surface area contributed by atoms with Gasteiger partial charge in [0.25, 0.3) is 0 Å². The van der Waals surface area contributed by atoms with E-state index in [0.717, 1.165) is 25.6 Å². The minimum Gasteiger partial charge on any atom is -0.354 e. The maximum absolute atomic E-state index is 4.98. The van der Waals surface area contributed by atoms with Gasteiger partial charge in [0.1, 0.15) is 0 Å². The van der Waals surface area contributed by atoms with E-state index < -0.39 is 0 Å². The molecule has 1 aromatic carbocycles. The maximum atomic E-state index is 4.98. The zero-order valence-electron chi connectivity index (χ0n) is 15.9. The second-order valence-electron chi connectivity index (χ2n) is 5.68. The molecule has 1 aromatic heterocycles. The Labute approximate surface area is 172 Å². The molecule has 0 aliphatic carbocycles. The Balaban J connectivity index is 0.00000338. The molecular weight excluding hydrogens is 443 g/mol. The number of nitrogens with one attached hydrogen (secondary N) is 2. The van der Waals surface area contributed by atoms with Crippen molar-refractivity contribution >= 4 is 29.9 Å². The zero-order chi connectivity index (χ0) is 18.1. The van der Waals surface area contributed by atoms with Gasteiger partial charge in [0.15, 0.2) is 11.8 Å². The fourth-order valence-corrected chi connectivity index (χ4v) is 2.79. The zero-order valence-corrected chi connectivity index (χ0v) is 18.2. The van der Waals surface area contributed by atoms with Crippen molar-refractivity contribution in [2.75, 3.05) is 26.7 Å². The van der Waals surface area contributed by atoms with E-state index >= 15 is 0 Å². The van der Waals surface area contributed by atoms with E-state index in [9.17, 15) is 0 Å². The molecule has 2 N–H and O–H groups in total. The van der Waals surface area contributed by atoms with Crippen LogP contribution >= 0.6 is 24.0 Å². The number of likely N-dealkylation sites (N-methyl/N-ethyl adjacent to an activating group) is 1. The van der Waals surface area contributed by atoms with Crippen molar-refractivity contribution in [2.45, 2.75) is 33.4 Å². The highest BCUT2D eigenvalue weighted by Gasteiger charge is 2.18. The number of halogens is 1. The molecule has 0 radical (unpaired) electrons. The van der Waals surface area contributed by atoms with Crippen LogP contribution in [0.1, 0.15) is 37.2 Å². The van der Waals surface area contributed by atoms with Gasteiger partial charge >= 0.3 is 0 Å². The van der Waals surface area contributed by atoms with Crippen LogP contribution in [0.5, 0.6) is 0 Å². The van der Waals surface area contributed by atoms with Crippen molar-refractivity contribution in [3.8, 4) is 0 Å². The van der Waals surface area contributed by atoms with E-state index in [2.05, 4.69) is 68.8 Å². The van der Waals surface area contributed by atoms with Crippen LogP contribution in [0.2, 0.25) is 0 Å². The van der Waals surface area contributed by atoms with Crippen LogP contribution in [0.4, 0.5) is 0 Å². The summed E-state index contributed by atoms with van der Waals surface area (Å²) in [6.07, 6.45) is 0. The third-order valence-electron chi connectivity index (χ3n) is 4.11. The van der Waals surface area contributed by atoms with E-state index in [1.807, 2.05) is 6.07 Å². The van der Waals surface area contributed by atoms with Gasteiger partial charge in [-0.15, -0.1) is 24.0 Å². The van der Waals surface area contributed by atoms with Gasteiger partial charge in [-0.2, -0.15) is 4.98 Å². The monoisotopic (exact) mass is 472 g/mol. The minimum atomic E-state index is 0. The van der Waals surface area contributed by atoms with Crippen molar-refractivity contribution in [2.24, 2.45) is 4.99 Å². The molecule has 8 heteroatoms. The van der Waals surface area contributed by atoms with Gasteiger partial charge in [-0.25, -0.2) is 0 Å². The lowest BCUT2D eigenvalue weighted by atomic mass is 10.1. The van der Waals surface area contributed by atoms with E-state index in [1.165, 1.54) is 5.56 Å². The van der Waals surface area contributed by atoms with E-state index in [4.69, 9.17) is 4.52 Å². The molecule has 1 heterocycles. The van der Waals surface area contributed by atoms with E-state index in [0.29, 0.717) is 18.3 Å². The summed E-state index contributed by atoms with van der Waals surface area (Å²) >= 11 is 0. The van der Waals surface area contributed by atoms with Gasteiger partial charge in [-0.1, -0.05) is 49.3 Å². The Morgan fingerprint density at radius 3 is 2.42 bits per heavy atom. The van der Waals surface area contributed by atoms with Crippen LogP contribution < -0.4 is 10.6 Å². The number of hydrogen-bond donors (Lipinski definition) is 2. The number of aliphatic imine (C=N–C) groups is 1. The van der Waals surface area contributed by atoms with Gasteiger partial charge in [0.2, 0.25) is 5.89 Å². The largest absolute Gasteiger partial charge is 0.354 e. The summed E-state index contributed by atoms with van der Waals surface area (Å²) in [4.78, 5) is 10.9. The molecule has 0 saturated carbocycles. The number of hydrogen-bond acceptors (Lipinski definition) is 5. The lowest BCUT2D eigenvalue weighted by molar-refractivity contribution is 0.219. The molecule has 0 saturated heterocycles. The third kappa shape index (κ3) is 6.56. The number of aromatic nitrogens is 2. The van der Waals surface area contributed by atoms with Crippen LogP contribution in [0, 0.1) is 6.92 Å². The highest BCUT2D eigenvalue weighted by Crippen LogP contribution is 2.19. The third-order valence-corrected chi connectivity index (χ3v) is 4.11. The smallest absolute Gasteiger partial charge is 0.223 e. The summed E-state index contributed by atoms with van der Waals surface area (Å²) in [5.74, 6) is 1.89. The molecule has 144 valence electrons. The van der Waals surface area contributed by atoms with Crippen molar-refractivity contribution in [1.82, 2.24) is 25.7 Å². The molecule has 1 atom stereocenters. The first-order valence-electron chi connectivity index (χ1n) is 8.70. The second-order valence-corrected chi connectivity index (χ2v) is 5.68. The quantitative estimate of drug-likeness (QED) is 0.350. The number of nitrogens with zero attached hydrogens (tertiary/aromatic N) is 4. The predicted molar refractivity (Wildman–Crippen MR) is 115 cm³/mol. The average Bonchev–Trinajstić information content (AvgIpc) is 3.07. The Kier molecular flexibility index (Phi) is 10.2. The molecule has 0 aliphatic heterocycles. The first kappa shape index (κ1) is 22.4. The molecule has 1 unspecified atom stereocenters. The fourth-order valence-electron chi connectivity index (χ4n) is 2.79. The summed E-state index contributed by atoms with van der Waals surface area (Å²) < 4.78 is 4.98. The number of aryl methyl sites for hydroxylation is 1. The standard InChI is InChI=1S/C18H28N6O.HI/c1-5-24(6-2)16(15-10-8-7-9-11-15)12-20-18(19-4)21-13-17-22-14(3)25-23-17;/h7-11,16H,5-6,12-13H2,1-4H3,(H2,19,20,21);1H. The topological polar surface area (TPSA) is 78.6 Å². The number of guanidine groups is 1. The Hall–Kier alpha value is -1.68. The Morgan fingerprint density at radius 2 is 1.88 bits per heavy atom. The maximum Gasteiger partial charge on any atom is 0.223 e. The molecule has 0 bridgehead atoms. The molecule has 0 aliphatic rings. The van der Waals surface area contributed by atoms with Gasteiger partial charge in [-0.3, -0.25) is 9.89 Å². The van der Waals surface area contributed by atoms with Gasteiger partial charge in [0.05, 0.1) is 12.6 Å². The van der Waals surface area contributed by atoms with Gasteiger partial charge < -0.3 is 15.2 Å². The second kappa shape index (κ2) is 11.8. The molecule has 7 nitrogen and oxygen atoms in total. The summed E-state index contributed by atoms with van der Waals surface area (Å²) in [5.41, 5.74) is 1.29. The van der Waals surface area contributed by atoms with Crippen LogP contribution in [-0.2, 0) is 6.54 Å².